The topological polar surface area (TPSA) is 91.8 Å². The fourth-order valence-electron chi connectivity index (χ4n) is 2.75. The Morgan fingerprint density at radius 2 is 1.93 bits per heavy atom. The maximum atomic E-state index is 12.4. The third-order valence-corrected chi connectivity index (χ3v) is 4.31. The van der Waals surface area contributed by atoms with E-state index in [0.717, 1.165) is 12.2 Å². The van der Waals surface area contributed by atoms with Crippen LogP contribution in [0.1, 0.15) is 23.0 Å². The van der Waals surface area contributed by atoms with E-state index in [9.17, 15) is 4.79 Å². The Morgan fingerprint density at radius 1 is 1.07 bits per heavy atom. The first kappa shape index (κ1) is 18.5. The molecule has 148 valence electrons. The molecule has 4 rings (SSSR count). The van der Waals surface area contributed by atoms with Crippen molar-refractivity contribution in [2.24, 2.45) is 0 Å². The van der Waals surface area contributed by atoms with Crippen molar-refractivity contribution in [3.63, 3.8) is 0 Å². The molecule has 3 aromatic heterocycles. The minimum atomic E-state index is -0.306. The highest BCUT2D eigenvalue weighted by Gasteiger charge is 2.11. The molecule has 0 atom stereocenters. The van der Waals surface area contributed by atoms with E-state index in [1.54, 1.807) is 44.9 Å². The molecular formula is C20H21N7O2. The van der Waals surface area contributed by atoms with Gasteiger partial charge in [0.05, 0.1) is 18.1 Å². The normalized spacial score (nSPS) is 10.8. The number of anilines is 1. The summed E-state index contributed by atoms with van der Waals surface area (Å²) >= 11 is 0. The molecule has 9 heteroatoms. The molecule has 0 aliphatic carbocycles. The lowest BCUT2D eigenvalue weighted by Gasteiger charge is -2.06. The molecule has 0 aliphatic rings. The van der Waals surface area contributed by atoms with Crippen LogP contribution in [0.2, 0.25) is 0 Å². The molecule has 1 amide bonds. The summed E-state index contributed by atoms with van der Waals surface area (Å²) in [6.07, 6.45) is 9.53. The molecular weight excluding hydrogens is 370 g/mol. The second-order valence-electron chi connectivity index (χ2n) is 6.42. The number of carbonyl (C=O) groups is 1. The molecule has 9 nitrogen and oxygen atoms in total. The zero-order valence-corrected chi connectivity index (χ0v) is 16.0. The number of hydrogen-bond donors (Lipinski definition) is 1. The number of carbonyl (C=O) groups excluding carboxylic acids is 1. The minimum absolute atomic E-state index is 0.250. The predicted molar refractivity (Wildman–Crippen MR) is 106 cm³/mol. The lowest BCUT2D eigenvalue weighted by atomic mass is 10.2. The van der Waals surface area contributed by atoms with Crippen molar-refractivity contribution in [1.82, 2.24) is 29.3 Å². The van der Waals surface area contributed by atoms with Gasteiger partial charge in [-0.2, -0.15) is 15.3 Å². The van der Waals surface area contributed by atoms with E-state index in [1.165, 1.54) is 5.56 Å². The number of aromatic nitrogens is 6. The van der Waals surface area contributed by atoms with Crippen molar-refractivity contribution in [1.29, 1.82) is 0 Å². The van der Waals surface area contributed by atoms with Crippen LogP contribution in [0.15, 0.2) is 67.4 Å². The smallest absolute Gasteiger partial charge is 0.276 e. The van der Waals surface area contributed by atoms with Crippen LogP contribution in [0.5, 0.6) is 5.75 Å². The monoisotopic (exact) mass is 391 g/mol. The van der Waals surface area contributed by atoms with Gasteiger partial charge >= 0.3 is 0 Å². The molecule has 0 bridgehead atoms. The van der Waals surface area contributed by atoms with E-state index in [-0.39, 0.29) is 12.6 Å². The number of amides is 1. The van der Waals surface area contributed by atoms with Gasteiger partial charge in [0.15, 0.2) is 12.4 Å². The average molecular weight is 391 g/mol. The molecule has 1 aromatic carbocycles. The van der Waals surface area contributed by atoms with Gasteiger partial charge in [0.1, 0.15) is 12.4 Å². The van der Waals surface area contributed by atoms with Crippen LogP contribution in [-0.2, 0) is 19.8 Å². The second kappa shape index (κ2) is 8.42. The van der Waals surface area contributed by atoms with Crippen molar-refractivity contribution in [2.45, 2.75) is 26.7 Å². The fourth-order valence-corrected chi connectivity index (χ4v) is 2.75. The van der Waals surface area contributed by atoms with Crippen LogP contribution in [0.4, 0.5) is 5.69 Å². The van der Waals surface area contributed by atoms with E-state index in [2.05, 4.69) is 27.5 Å². The number of nitrogens with zero attached hydrogens (tertiary/aromatic N) is 6. The quantitative estimate of drug-likeness (QED) is 0.499. The van der Waals surface area contributed by atoms with Gasteiger partial charge in [0.2, 0.25) is 0 Å². The summed E-state index contributed by atoms with van der Waals surface area (Å²) in [6, 6.07) is 11.4. The summed E-state index contributed by atoms with van der Waals surface area (Å²) in [5, 5.41) is 15.4. The number of hydrogen-bond acceptors (Lipinski definition) is 5. The third kappa shape index (κ3) is 4.70. The van der Waals surface area contributed by atoms with Crippen molar-refractivity contribution >= 4 is 11.6 Å². The summed E-state index contributed by atoms with van der Waals surface area (Å²) in [5.41, 5.74) is 2.15. The lowest BCUT2D eigenvalue weighted by molar-refractivity contribution is 0.102. The Balaban J connectivity index is 1.31. The van der Waals surface area contributed by atoms with Gasteiger partial charge in [0, 0.05) is 18.6 Å². The van der Waals surface area contributed by atoms with Crippen LogP contribution in [-0.4, -0.2) is 35.2 Å². The zero-order chi connectivity index (χ0) is 20.1. The molecule has 0 spiro atoms. The molecule has 1 N–H and O–H groups in total. The number of aryl methyl sites for hydroxylation is 1. The Labute approximate surface area is 167 Å². The minimum Gasteiger partial charge on any atom is -0.471 e. The Morgan fingerprint density at radius 3 is 2.69 bits per heavy atom. The van der Waals surface area contributed by atoms with Crippen LogP contribution in [0.3, 0.4) is 0 Å². The maximum Gasteiger partial charge on any atom is 0.276 e. The molecule has 0 radical (unpaired) electrons. The average Bonchev–Trinajstić information content (AvgIpc) is 3.50. The van der Waals surface area contributed by atoms with E-state index in [4.69, 9.17) is 4.74 Å². The van der Waals surface area contributed by atoms with Gasteiger partial charge in [-0.15, -0.1) is 0 Å². The summed E-state index contributed by atoms with van der Waals surface area (Å²) < 4.78 is 10.7. The molecule has 29 heavy (non-hydrogen) atoms. The molecule has 0 fully saturated rings. The molecule has 3 heterocycles. The van der Waals surface area contributed by atoms with Gasteiger partial charge in [-0.3, -0.25) is 14.2 Å². The molecule has 0 aliphatic heterocycles. The number of nitrogens with one attached hydrogen (secondary N) is 1. The highest BCUT2D eigenvalue weighted by molar-refractivity contribution is 6.02. The van der Waals surface area contributed by atoms with Crippen LogP contribution in [0, 0.1) is 0 Å². The first-order valence-electron chi connectivity index (χ1n) is 9.26. The first-order valence-corrected chi connectivity index (χ1v) is 9.26. The number of rotatable bonds is 8. The van der Waals surface area contributed by atoms with Gasteiger partial charge in [-0.05, 0) is 36.2 Å². The Kier molecular flexibility index (Phi) is 5.37. The standard InChI is InChI=1S/C20H21N7O2/c1-2-16-4-6-18(7-5-16)29-15-27-13-17(12-22-27)23-20(28)19-8-11-26(24-19)14-25-10-3-9-21-25/h3-13H,2,14-15H2,1H3,(H,23,28). The summed E-state index contributed by atoms with van der Waals surface area (Å²) in [6.45, 7) is 2.80. The number of ether oxygens (including phenoxy) is 1. The zero-order valence-electron chi connectivity index (χ0n) is 16.0. The Bertz CT molecular complexity index is 1060. The number of benzene rings is 1. The van der Waals surface area contributed by atoms with Crippen LogP contribution in [0.25, 0.3) is 0 Å². The van der Waals surface area contributed by atoms with Crippen molar-refractivity contribution in [2.75, 3.05) is 5.32 Å². The van der Waals surface area contributed by atoms with Crippen molar-refractivity contribution < 1.29 is 9.53 Å². The molecule has 4 aromatic rings. The van der Waals surface area contributed by atoms with Gasteiger partial charge in [-0.1, -0.05) is 19.1 Å². The van der Waals surface area contributed by atoms with Crippen LogP contribution < -0.4 is 10.1 Å². The van der Waals surface area contributed by atoms with E-state index in [0.29, 0.717) is 18.1 Å². The summed E-state index contributed by atoms with van der Waals surface area (Å²) in [5.74, 6) is 0.464. The fraction of sp³-hybridized carbons (Fsp3) is 0.200. The first-order chi connectivity index (χ1) is 14.2. The molecule has 0 saturated heterocycles. The van der Waals surface area contributed by atoms with Crippen molar-refractivity contribution in [3.8, 4) is 5.75 Å². The lowest BCUT2D eigenvalue weighted by Crippen LogP contribution is -2.14. The molecule has 0 saturated carbocycles. The van der Waals surface area contributed by atoms with Crippen molar-refractivity contribution in [3.05, 3.63) is 78.6 Å². The van der Waals surface area contributed by atoms with E-state index < -0.39 is 0 Å². The Hall–Kier alpha value is -3.88. The largest absolute Gasteiger partial charge is 0.471 e. The summed E-state index contributed by atoms with van der Waals surface area (Å²) in [4.78, 5) is 12.4. The SMILES string of the molecule is CCc1ccc(OCn2cc(NC(=O)c3ccn(Cn4cccn4)n3)cn2)cc1. The second-order valence-corrected chi connectivity index (χ2v) is 6.42. The van der Waals surface area contributed by atoms with Gasteiger partial charge in [-0.25, -0.2) is 4.68 Å². The highest BCUT2D eigenvalue weighted by atomic mass is 16.5. The van der Waals surface area contributed by atoms with E-state index >= 15 is 0 Å². The predicted octanol–water partition coefficient (Wildman–Crippen LogP) is 2.63. The van der Waals surface area contributed by atoms with Gasteiger partial charge < -0.3 is 10.1 Å². The van der Waals surface area contributed by atoms with Crippen LogP contribution >= 0.6 is 0 Å². The van der Waals surface area contributed by atoms with E-state index in [1.807, 2.05) is 36.5 Å². The highest BCUT2D eigenvalue weighted by Crippen LogP contribution is 2.14. The maximum absolute atomic E-state index is 12.4. The third-order valence-electron chi connectivity index (χ3n) is 4.31. The summed E-state index contributed by atoms with van der Waals surface area (Å²) in [7, 11) is 0. The van der Waals surface area contributed by atoms with Gasteiger partial charge in [0.25, 0.3) is 5.91 Å². The molecule has 0 unspecified atom stereocenters.